The van der Waals surface area contributed by atoms with Gasteiger partial charge in [0.15, 0.2) is 16.9 Å². The SMILES string of the molecule is CS(=O)(=O)Cl.Cc1ccc(CN2C[C@H]3C[C@@H]2CN3)cc1-c1ccc2c(n1)n(C)c(=O)n2CC(C)(C)C.Cc1ccc(CN2C[C@H]3C[C@@H]2CN3C(=O)OC(C)(C)C)cc1-c1ccc2c(n1)n(C)c(=O)n2CC(C)(C)C.Cc1ccc(CN2C[C@H]3C[C@@H]2CN3S(C)(=O)=O)cc1-c1ccc2c(n1)n(C)c(=O)n2CC(C)(C)C.Cl. The first-order valence-electron chi connectivity index (χ1n) is 38.0. The highest BCUT2D eigenvalue weighted by Crippen LogP contribution is 2.38. The molecule has 6 aliphatic heterocycles. The third-order valence-electron chi connectivity index (χ3n) is 21.6. The van der Waals surface area contributed by atoms with Gasteiger partial charge in [-0.3, -0.25) is 42.1 Å². The van der Waals surface area contributed by atoms with Crippen LogP contribution in [0.1, 0.15) is 136 Å². The second kappa shape index (κ2) is 31.4. The van der Waals surface area contributed by atoms with Gasteiger partial charge in [0.05, 0.1) is 46.1 Å². The molecule has 6 aromatic heterocycles. The number of ether oxygens (including phenoxy) is 1. The van der Waals surface area contributed by atoms with Gasteiger partial charge in [-0.05, 0) is 165 Å². The van der Waals surface area contributed by atoms with Crippen LogP contribution in [0.5, 0.6) is 0 Å². The summed E-state index contributed by atoms with van der Waals surface area (Å²) in [5.74, 6) is 0. The quantitative estimate of drug-likeness (QED) is 0.106. The lowest BCUT2D eigenvalue weighted by Gasteiger charge is -2.35. The van der Waals surface area contributed by atoms with Gasteiger partial charge in [-0.1, -0.05) is 98.7 Å². The number of pyridine rings is 3. The molecule has 9 aromatic rings. The number of hydrogen-bond acceptors (Lipinski definition) is 16. The summed E-state index contributed by atoms with van der Waals surface area (Å²) in [4.78, 5) is 75.6. The number of benzene rings is 3. The Labute approximate surface area is 658 Å². The highest BCUT2D eigenvalue weighted by molar-refractivity contribution is 8.13. The summed E-state index contributed by atoms with van der Waals surface area (Å²) in [6, 6.07) is 34.2. The molecule has 24 nitrogen and oxygen atoms in total. The Balaban J connectivity index is 0.000000158. The summed E-state index contributed by atoms with van der Waals surface area (Å²) in [5.41, 5.74) is 17.4. The number of aryl methyl sites for hydroxylation is 6. The van der Waals surface area contributed by atoms with Crippen LogP contribution in [0.15, 0.2) is 105 Å². The van der Waals surface area contributed by atoms with Crippen molar-refractivity contribution in [2.75, 3.05) is 51.8 Å². The maximum Gasteiger partial charge on any atom is 0.410 e. The minimum Gasteiger partial charge on any atom is -0.444 e. The van der Waals surface area contributed by atoms with Crippen molar-refractivity contribution in [2.24, 2.45) is 37.4 Å². The third-order valence-corrected chi connectivity index (χ3v) is 22.9. The summed E-state index contributed by atoms with van der Waals surface area (Å²) >= 11 is 0. The maximum absolute atomic E-state index is 13.0. The van der Waals surface area contributed by atoms with Crippen LogP contribution in [-0.4, -0.2) is 183 Å². The molecule has 6 bridgehead atoms. The van der Waals surface area contributed by atoms with Crippen LogP contribution in [0.3, 0.4) is 0 Å². The van der Waals surface area contributed by atoms with Gasteiger partial charge in [0.25, 0.3) is 0 Å². The average Bonchev–Trinajstić information content (AvgIpc) is 1.62. The van der Waals surface area contributed by atoms with Gasteiger partial charge >= 0.3 is 23.2 Å². The molecule has 1 N–H and O–H groups in total. The first kappa shape index (κ1) is 83.4. The molecule has 596 valence electrons. The van der Waals surface area contributed by atoms with Crippen LogP contribution in [-0.2, 0) is 84.2 Å². The molecule has 12 heterocycles. The van der Waals surface area contributed by atoms with Crippen molar-refractivity contribution < 1.29 is 26.4 Å². The number of hydrogen-bond donors (Lipinski definition) is 1. The smallest absolute Gasteiger partial charge is 0.410 e. The van der Waals surface area contributed by atoms with E-state index in [1.165, 1.54) is 34.9 Å². The summed E-state index contributed by atoms with van der Waals surface area (Å²) < 4.78 is 60.6. The summed E-state index contributed by atoms with van der Waals surface area (Å²) in [5, 5.41) is 3.58. The number of likely N-dealkylation sites (tertiary alicyclic amines) is 4. The van der Waals surface area contributed by atoms with E-state index in [0.29, 0.717) is 55.6 Å². The molecule has 0 unspecified atom stereocenters. The topological polar surface area (TPSA) is 242 Å². The molecule has 3 aromatic carbocycles. The number of amides is 1. The number of aromatic nitrogens is 9. The maximum atomic E-state index is 13.0. The van der Waals surface area contributed by atoms with Gasteiger partial charge in [-0.2, -0.15) is 4.31 Å². The van der Waals surface area contributed by atoms with Gasteiger partial charge in [0, 0.05) is 163 Å². The van der Waals surface area contributed by atoms with Crippen LogP contribution in [0, 0.1) is 37.0 Å². The lowest BCUT2D eigenvalue weighted by atomic mass is 9.97. The minimum atomic E-state index is -3.19. The lowest BCUT2D eigenvalue weighted by Crippen LogP contribution is -2.49. The Kier molecular flexibility index (Phi) is 23.8. The lowest BCUT2D eigenvalue weighted by molar-refractivity contribution is 0.0123. The zero-order valence-corrected chi connectivity index (χ0v) is 71.0. The van der Waals surface area contributed by atoms with Crippen LogP contribution >= 0.6 is 23.1 Å². The normalized spacial score (nSPS) is 20.3. The molecule has 15 rings (SSSR count). The van der Waals surface area contributed by atoms with Crippen LogP contribution in [0.4, 0.5) is 4.79 Å². The first-order valence-corrected chi connectivity index (χ1v) is 42.6. The van der Waals surface area contributed by atoms with E-state index in [9.17, 15) is 36.0 Å². The van der Waals surface area contributed by atoms with Crippen molar-refractivity contribution in [3.05, 3.63) is 156 Å². The van der Waals surface area contributed by atoms with Gasteiger partial charge in [-0.25, -0.2) is 51.0 Å². The monoisotopic (exact) mass is 1590 g/mol. The summed E-state index contributed by atoms with van der Waals surface area (Å²) in [6.45, 7) is 41.0. The molecule has 0 spiro atoms. The molecule has 1 amide bonds. The molecule has 6 saturated heterocycles. The fourth-order valence-corrected chi connectivity index (χ4v) is 17.8. The summed E-state index contributed by atoms with van der Waals surface area (Å²) in [6.07, 6.45) is 5.21. The molecule has 6 aliphatic rings. The molecule has 0 aliphatic carbocycles. The van der Waals surface area contributed by atoms with Crippen molar-refractivity contribution in [1.82, 2.24) is 71.6 Å². The average molecular weight is 1590 g/mol. The number of carbonyl (C=O) groups excluding carboxylic acids is 1. The van der Waals surface area contributed by atoms with E-state index in [-0.39, 0.29) is 69.9 Å². The Morgan fingerprint density at radius 3 is 1.12 bits per heavy atom. The van der Waals surface area contributed by atoms with Crippen molar-refractivity contribution >= 4 is 81.7 Å². The molecular weight excluding hydrogens is 1470 g/mol. The van der Waals surface area contributed by atoms with E-state index in [1.54, 1.807) is 32.1 Å². The van der Waals surface area contributed by atoms with E-state index >= 15 is 0 Å². The second-order valence-electron chi connectivity index (χ2n) is 36.0. The van der Waals surface area contributed by atoms with Crippen LogP contribution in [0.25, 0.3) is 67.3 Å². The van der Waals surface area contributed by atoms with Gasteiger partial charge in [0.1, 0.15) is 5.60 Å². The van der Waals surface area contributed by atoms with Gasteiger partial charge < -0.3 is 15.0 Å². The number of sulfonamides is 1. The van der Waals surface area contributed by atoms with E-state index < -0.39 is 24.7 Å². The zero-order valence-electron chi connectivity index (χ0n) is 67.8. The van der Waals surface area contributed by atoms with E-state index in [0.717, 1.165) is 139 Å². The molecule has 6 fully saturated rings. The number of piperazine rings is 3. The Morgan fingerprint density at radius 2 is 0.827 bits per heavy atom. The van der Waals surface area contributed by atoms with Crippen LogP contribution in [0.2, 0.25) is 0 Å². The third kappa shape index (κ3) is 18.9. The highest BCUT2D eigenvalue weighted by Gasteiger charge is 2.48. The number of rotatable bonds is 13. The van der Waals surface area contributed by atoms with Gasteiger partial charge in [0.2, 0.25) is 19.1 Å². The standard InChI is InChI=1S/C30H41N5O3.C26H35N5O3S.C25H33N5O.CH3ClO2S.ClH/c1-19-9-10-20(15-33-16-22-14-21(33)17-34(22)28(37)38-30(5,6)7)13-23(19)24-11-12-25-26(31-24)32(8)27(36)35(25)18-29(2,3)4;1-17-7-8-18(13-29-14-20-12-19(29)15-31(20)35(6,33)34)11-21(17)22-9-10-23-24(27-22)28(5)25(32)30(23)16-26(2,3)4;1-16-6-7-17(13-29-14-18-11-19(29)12-26-18)10-20(16)21-8-9-22-23(27-21)28(5)24(31)30(22)15-25(2,3)4;1-5(2,3)4;/h9-13,21-22H,14-18H2,1-8H3;7-11,19-20H,12-16H2,1-6H3;6-10,18-19,26H,11-15H2,1-5H3;1H3;1H/t21-,22-;19-,20-;18-,19-;;/m111../s1. The van der Waals surface area contributed by atoms with Gasteiger partial charge in [-0.15, -0.1) is 12.4 Å². The number of fused-ring (bicyclic) bond motifs is 9. The number of nitrogens with one attached hydrogen (secondary N) is 1. The first-order chi connectivity index (χ1) is 50.7. The van der Waals surface area contributed by atoms with Crippen molar-refractivity contribution in [2.45, 2.75) is 204 Å². The predicted octanol–water partition coefficient (Wildman–Crippen LogP) is 11.8. The number of carbonyl (C=O) groups is 1. The largest absolute Gasteiger partial charge is 0.444 e. The van der Waals surface area contributed by atoms with E-state index in [1.807, 2.05) is 70.7 Å². The van der Waals surface area contributed by atoms with E-state index in [4.69, 9.17) is 19.7 Å². The molecule has 6 atom stereocenters. The minimum absolute atomic E-state index is 0. The molecular formula is C82H113Cl2N15O9S2. The molecule has 0 saturated carbocycles. The highest BCUT2D eigenvalue weighted by atomic mass is 35.7. The molecule has 28 heteroatoms. The molecule has 0 radical (unpaired) electrons. The predicted molar refractivity (Wildman–Crippen MR) is 442 cm³/mol. The summed E-state index contributed by atoms with van der Waals surface area (Å²) in [7, 11) is 3.57. The number of halogens is 2. The number of imidazole rings is 3. The fourth-order valence-electron chi connectivity index (χ4n) is 16.6. The second-order valence-corrected chi connectivity index (χ2v) is 41.0. The Morgan fingerprint density at radius 1 is 0.482 bits per heavy atom. The van der Waals surface area contributed by atoms with Crippen molar-refractivity contribution in [3.8, 4) is 33.8 Å². The fraction of sp³-hybridized carbons (Fsp3) is 0.549. The zero-order chi connectivity index (χ0) is 79.3. The van der Waals surface area contributed by atoms with Crippen molar-refractivity contribution in [3.63, 3.8) is 0 Å². The van der Waals surface area contributed by atoms with E-state index in [2.05, 4.69) is 181 Å². The van der Waals surface area contributed by atoms with Crippen LogP contribution < -0.4 is 22.4 Å². The Bertz CT molecular complexity index is 5390. The Hall–Kier alpha value is -7.53. The van der Waals surface area contributed by atoms with Crippen molar-refractivity contribution in [1.29, 1.82) is 0 Å². The number of nitrogens with zero attached hydrogens (tertiary/aromatic N) is 14. The molecule has 110 heavy (non-hydrogen) atoms.